The quantitative estimate of drug-likeness (QED) is 0.849. The molecular formula is C15H22ClN5O. The fourth-order valence-electron chi connectivity index (χ4n) is 2.12. The average molecular weight is 324 g/mol. The van der Waals surface area contributed by atoms with E-state index < -0.39 is 5.54 Å². The van der Waals surface area contributed by atoms with Crippen LogP contribution in [0.3, 0.4) is 0 Å². The molecule has 7 heteroatoms. The maximum atomic E-state index is 12.1. The van der Waals surface area contributed by atoms with E-state index in [1.54, 1.807) is 25.6 Å². The van der Waals surface area contributed by atoms with E-state index in [1.807, 2.05) is 29.8 Å². The van der Waals surface area contributed by atoms with Gasteiger partial charge in [0, 0.05) is 25.1 Å². The van der Waals surface area contributed by atoms with E-state index in [0.29, 0.717) is 13.0 Å². The Morgan fingerprint density at radius 1 is 1.45 bits per heavy atom. The molecule has 6 nitrogen and oxygen atoms in total. The second-order valence-corrected chi connectivity index (χ2v) is 5.34. The average Bonchev–Trinajstić information content (AvgIpc) is 2.99. The van der Waals surface area contributed by atoms with Crippen LogP contribution >= 0.6 is 12.4 Å². The third-order valence-corrected chi connectivity index (χ3v) is 3.32. The summed E-state index contributed by atoms with van der Waals surface area (Å²) in [5, 5.41) is 2.88. The smallest absolute Gasteiger partial charge is 0.240 e. The van der Waals surface area contributed by atoms with Crippen LogP contribution in [0.1, 0.15) is 32.3 Å². The van der Waals surface area contributed by atoms with Gasteiger partial charge < -0.3 is 11.1 Å². The van der Waals surface area contributed by atoms with E-state index >= 15 is 0 Å². The normalized spacial score (nSPS) is 13.0. The molecule has 0 radical (unpaired) electrons. The highest BCUT2D eigenvalue weighted by Crippen LogP contribution is 2.10. The Balaban J connectivity index is 0.00000242. The zero-order valence-corrected chi connectivity index (χ0v) is 13.6. The van der Waals surface area contributed by atoms with Crippen LogP contribution in [0.2, 0.25) is 0 Å². The van der Waals surface area contributed by atoms with E-state index in [-0.39, 0.29) is 18.3 Å². The number of carbonyl (C=O) groups is 1. The number of pyridine rings is 1. The predicted octanol–water partition coefficient (Wildman–Crippen LogP) is 1.82. The van der Waals surface area contributed by atoms with E-state index in [1.165, 1.54) is 0 Å². The molecule has 1 unspecified atom stereocenters. The van der Waals surface area contributed by atoms with E-state index in [4.69, 9.17) is 5.73 Å². The maximum absolute atomic E-state index is 12.1. The summed E-state index contributed by atoms with van der Waals surface area (Å²) in [5.74, 6) is 0.633. The van der Waals surface area contributed by atoms with Crippen LogP contribution < -0.4 is 11.1 Å². The van der Waals surface area contributed by atoms with Crippen molar-refractivity contribution in [3.05, 3.63) is 42.6 Å². The molecule has 2 aromatic heterocycles. The fraction of sp³-hybridized carbons (Fsp3) is 0.400. The van der Waals surface area contributed by atoms with Crippen molar-refractivity contribution in [3.63, 3.8) is 0 Å². The van der Waals surface area contributed by atoms with Gasteiger partial charge in [0.15, 0.2) is 0 Å². The number of nitrogens with two attached hydrogens (primary N) is 1. The topological polar surface area (TPSA) is 85.8 Å². The van der Waals surface area contributed by atoms with Gasteiger partial charge in [0.25, 0.3) is 0 Å². The zero-order valence-electron chi connectivity index (χ0n) is 12.8. The highest BCUT2D eigenvalue weighted by atomic mass is 35.5. The Kier molecular flexibility index (Phi) is 6.52. The van der Waals surface area contributed by atoms with Gasteiger partial charge in [-0.05, 0) is 31.0 Å². The number of hydrogen-bond acceptors (Lipinski definition) is 4. The van der Waals surface area contributed by atoms with Crippen LogP contribution in [-0.2, 0) is 11.3 Å². The SMILES string of the molecule is CCCC(C)(N)C(=O)NCc1ccnc(-n2ccnc2)c1.Cl. The second-order valence-electron chi connectivity index (χ2n) is 5.34. The minimum absolute atomic E-state index is 0. The van der Waals surface area contributed by atoms with Crippen molar-refractivity contribution in [1.29, 1.82) is 0 Å². The molecule has 0 spiro atoms. The Morgan fingerprint density at radius 3 is 2.86 bits per heavy atom. The summed E-state index contributed by atoms with van der Waals surface area (Å²) in [5.41, 5.74) is 6.15. The fourth-order valence-corrected chi connectivity index (χ4v) is 2.12. The maximum Gasteiger partial charge on any atom is 0.240 e. The van der Waals surface area contributed by atoms with Gasteiger partial charge in [0.1, 0.15) is 12.1 Å². The van der Waals surface area contributed by atoms with Crippen molar-refractivity contribution in [1.82, 2.24) is 19.9 Å². The van der Waals surface area contributed by atoms with Crippen molar-refractivity contribution in [3.8, 4) is 5.82 Å². The first-order chi connectivity index (χ1) is 10.0. The number of hydrogen-bond donors (Lipinski definition) is 2. The monoisotopic (exact) mass is 323 g/mol. The number of halogens is 1. The lowest BCUT2D eigenvalue weighted by Crippen LogP contribution is -2.51. The van der Waals surface area contributed by atoms with Gasteiger partial charge in [-0.1, -0.05) is 13.3 Å². The Hall–Kier alpha value is -1.92. The number of nitrogens with one attached hydrogen (secondary N) is 1. The molecule has 0 aliphatic rings. The minimum atomic E-state index is -0.824. The second kappa shape index (κ2) is 7.91. The van der Waals surface area contributed by atoms with Crippen LogP contribution in [0.15, 0.2) is 37.1 Å². The first-order valence-electron chi connectivity index (χ1n) is 7.03. The van der Waals surface area contributed by atoms with E-state index in [2.05, 4.69) is 15.3 Å². The summed E-state index contributed by atoms with van der Waals surface area (Å²) in [6.45, 7) is 4.20. The lowest BCUT2D eigenvalue weighted by Gasteiger charge is -2.22. The summed E-state index contributed by atoms with van der Waals surface area (Å²) in [4.78, 5) is 20.3. The molecule has 0 aliphatic heterocycles. The molecule has 2 rings (SSSR count). The summed E-state index contributed by atoms with van der Waals surface area (Å²) in [6.07, 6.45) is 8.45. The van der Waals surface area contributed by atoms with Crippen molar-refractivity contribution in [2.24, 2.45) is 5.73 Å². The van der Waals surface area contributed by atoms with Crippen molar-refractivity contribution in [2.75, 3.05) is 0 Å². The molecule has 1 atom stereocenters. The van der Waals surface area contributed by atoms with Crippen molar-refractivity contribution < 1.29 is 4.79 Å². The van der Waals surface area contributed by atoms with E-state index in [0.717, 1.165) is 17.8 Å². The molecular weight excluding hydrogens is 302 g/mol. The number of imidazole rings is 1. The summed E-state index contributed by atoms with van der Waals surface area (Å²) >= 11 is 0. The molecule has 1 amide bonds. The largest absolute Gasteiger partial charge is 0.350 e. The highest BCUT2D eigenvalue weighted by Gasteiger charge is 2.26. The molecule has 0 fully saturated rings. The number of nitrogens with zero attached hydrogens (tertiary/aromatic N) is 3. The lowest BCUT2D eigenvalue weighted by molar-refractivity contribution is -0.126. The summed E-state index contributed by atoms with van der Waals surface area (Å²) < 4.78 is 1.81. The van der Waals surface area contributed by atoms with Crippen LogP contribution in [-0.4, -0.2) is 26.0 Å². The van der Waals surface area contributed by atoms with Crippen molar-refractivity contribution >= 4 is 18.3 Å². The molecule has 22 heavy (non-hydrogen) atoms. The van der Waals surface area contributed by atoms with Crippen molar-refractivity contribution in [2.45, 2.75) is 38.8 Å². The Labute approximate surface area is 136 Å². The van der Waals surface area contributed by atoms with Gasteiger partial charge in [-0.3, -0.25) is 9.36 Å². The summed E-state index contributed by atoms with van der Waals surface area (Å²) in [7, 11) is 0. The highest BCUT2D eigenvalue weighted by molar-refractivity contribution is 5.85. The van der Waals surface area contributed by atoms with Crippen LogP contribution in [0.4, 0.5) is 0 Å². The number of aromatic nitrogens is 3. The summed E-state index contributed by atoms with van der Waals surface area (Å²) in [6, 6.07) is 3.78. The molecule has 2 heterocycles. The van der Waals surface area contributed by atoms with Gasteiger partial charge >= 0.3 is 0 Å². The number of amides is 1. The van der Waals surface area contributed by atoms with Gasteiger partial charge in [-0.15, -0.1) is 12.4 Å². The Bertz CT molecular complexity index is 598. The molecule has 0 aliphatic carbocycles. The molecule has 0 aromatic carbocycles. The Morgan fingerprint density at radius 2 is 2.23 bits per heavy atom. The minimum Gasteiger partial charge on any atom is -0.350 e. The third-order valence-electron chi connectivity index (χ3n) is 3.32. The molecule has 0 saturated carbocycles. The van der Waals surface area contributed by atoms with Gasteiger partial charge in [0.2, 0.25) is 5.91 Å². The zero-order chi connectivity index (χ0) is 15.3. The van der Waals surface area contributed by atoms with Crippen LogP contribution in [0, 0.1) is 0 Å². The van der Waals surface area contributed by atoms with Gasteiger partial charge in [-0.25, -0.2) is 9.97 Å². The standard InChI is InChI=1S/C15H21N5O.ClH/c1-3-5-15(2,16)14(21)19-10-12-4-6-18-13(9-12)20-8-7-17-11-20;/h4,6-9,11H,3,5,10,16H2,1-2H3,(H,19,21);1H. The van der Waals surface area contributed by atoms with E-state index in [9.17, 15) is 4.79 Å². The van der Waals surface area contributed by atoms with Crippen LogP contribution in [0.25, 0.3) is 5.82 Å². The first kappa shape index (κ1) is 18.1. The lowest BCUT2D eigenvalue weighted by atomic mass is 9.96. The van der Waals surface area contributed by atoms with Gasteiger partial charge in [0.05, 0.1) is 5.54 Å². The first-order valence-corrected chi connectivity index (χ1v) is 7.03. The molecule has 2 aromatic rings. The molecule has 120 valence electrons. The van der Waals surface area contributed by atoms with Gasteiger partial charge in [-0.2, -0.15) is 0 Å². The molecule has 0 saturated heterocycles. The number of carbonyl (C=O) groups excluding carboxylic acids is 1. The molecule has 3 N–H and O–H groups in total. The molecule has 0 bridgehead atoms. The predicted molar refractivity (Wildman–Crippen MR) is 88.0 cm³/mol. The number of rotatable bonds is 6. The third kappa shape index (κ3) is 4.54. The van der Waals surface area contributed by atoms with Crippen LogP contribution in [0.5, 0.6) is 0 Å².